The minimum atomic E-state index is -1.00. The van der Waals surface area contributed by atoms with Crippen molar-refractivity contribution >= 4 is 39.5 Å². The van der Waals surface area contributed by atoms with Gasteiger partial charge in [0.2, 0.25) is 0 Å². The molecule has 0 unspecified atom stereocenters. The van der Waals surface area contributed by atoms with Crippen LogP contribution < -0.4 is 4.74 Å². The zero-order valence-corrected chi connectivity index (χ0v) is 20.9. The average Bonchev–Trinajstić information content (AvgIpc) is 3.44. The number of aromatic nitrogens is 3. The molecule has 0 aliphatic rings. The zero-order valence-electron chi connectivity index (χ0n) is 20.1. The number of carboxylic acid groups (broad SMARTS) is 1. The Balaban J connectivity index is 1.36. The molecule has 0 atom stereocenters. The van der Waals surface area contributed by atoms with E-state index < -0.39 is 5.97 Å². The van der Waals surface area contributed by atoms with Crippen molar-refractivity contribution in [1.82, 2.24) is 14.5 Å². The van der Waals surface area contributed by atoms with Gasteiger partial charge in [-0.05, 0) is 66.1 Å². The number of benzene rings is 4. The van der Waals surface area contributed by atoms with Gasteiger partial charge in [-0.3, -0.25) is 0 Å². The highest BCUT2D eigenvalue weighted by Gasteiger charge is 2.15. The summed E-state index contributed by atoms with van der Waals surface area (Å²) >= 11 is 6.70. The Labute approximate surface area is 217 Å². The molecule has 37 heavy (non-hydrogen) atoms. The molecule has 182 valence electrons. The van der Waals surface area contributed by atoms with Crippen LogP contribution in [0.4, 0.5) is 0 Å². The summed E-state index contributed by atoms with van der Waals surface area (Å²) in [6.07, 6.45) is 0. The first-order valence-corrected chi connectivity index (χ1v) is 12.1. The third kappa shape index (κ3) is 4.11. The minimum absolute atomic E-state index is 0.186. The lowest BCUT2D eigenvalue weighted by molar-refractivity contribution is 0.0695. The predicted molar refractivity (Wildman–Crippen MR) is 147 cm³/mol. The number of H-pyrrole nitrogens is 1. The molecule has 0 saturated heterocycles. The van der Waals surface area contributed by atoms with Crippen molar-refractivity contribution in [1.29, 1.82) is 0 Å². The summed E-state index contributed by atoms with van der Waals surface area (Å²) in [5.74, 6) is -0.618. The highest BCUT2D eigenvalue weighted by molar-refractivity contribution is 6.34. The van der Waals surface area contributed by atoms with Crippen LogP contribution in [0.1, 0.15) is 15.9 Å². The van der Waals surface area contributed by atoms with Crippen LogP contribution in [0.2, 0.25) is 5.02 Å². The number of halogens is 1. The van der Waals surface area contributed by atoms with Crippen molar-refractivity contribution in [2.75, 3.05) is 0 Å². The van der Waals surface area contributed by atoms with Gasteiger partial charge in [0.05, 0.1) is 21.6 Å². The van der Waals surface area contributed by atoms with Gasteiger partial charge in [0.1, 0.15) is 5.75 Å². The SMILES string of the molecule is Cc1ccc(Oc2nc3cc(-c4ccc5c(c4)cc(-c4ccccc4)n5C)c(Cl)cc3[nH]2)cc1C(=O)O. The first kappa shape index (κ1) is 22.9. The molecule has 2 aromatic heterocycles. The van der Waals surface area contributed by atoms with Gasteiger partial charge in [-0.1, -0.05) is 54.1 Å². The number of carbonyl (C=O) groups is 1. The largest absolute Gasteiger partial charge is 0.478 e. The fourth-order valence-corrected chi connectivity index (χ4v) is 4.96. The molecule has 0 saturated carbocycles. The van der Waals surface area contributed by atoms with Crippen molar-refractivity contribution in [2.45, 2.75) is 6.92 Å². The molecule has 7 heteroatoms. The second-order valence-corrected chi connectivity index (χ2v) is 9.41. The van der Waals surface area contributed by atoms with E-state index in [1.54, 1.807) is 19.1 Å². The molecule has 0 aliphatic carbocycles. The van der Waals surface area contributed by atoms with Crippen molar-refractivity contribution in [3.8, 4) is 34.1 Å². The van der Waals surface area contributed by atoms with E-state index in [1.807, 2.05) is 30.3 Å². The molecule has 0 bridgehead atoms. The summed E-state index contributed by atoms with van der Waals surface area (Å²) in [6.45, 7) is 1.74. The van der Waals surface area contributed by atoms with Crippen LogP contribution in [-0.2, 0) is 7.05 Å². The molecule has 0 fully saturated rings. The molecule has 0 amide bonds. The van der Waals surface area contributed by atoms with E-state index in [4.69, 9.17) is 16.3 Å². The number of rotatable bonds is 5. The molecule has 0 aliphatic heterocycles. The number of nitrogens with one attached hydrogen (secondary N) is 1. The lowest BCUT2D eigenvalue weighted by atomic mass is 10.0. The van der Waals surface area contributed by atoms with Crippen LogP contribution >= 0.6 is 11.6 Å². The van der Waals surface area contributed by atoms with Crippen LogP contribution in [0, 0.1) is 6.92 Å². The van der Waals surface area contributed by atoms with Crippen molar-refractivity contribution in [2.24, 2.45) is 7.05 Å². The van der Waals surface area contributed by atoms with Gasteiger partial charge in [0.15, 0.2) is 0 Å². The van der Waals surface area contributed by atoms with E-state index in [1.165, 1.54) is 6.07 Å². The number of hydrogen-bond acceptors (Lipinski definition) is 3. The molecule has 6 rings (SSSR count). The third-order valence-electron chi connectivity index (χ3n) is 6.63. The molecule has 2 N–H and O–H groups in total. The van der Waals surface area contributed by atoms with Gasteiger partial charge in [0.25, 0.3) is 6.01 Å². The van der Waals surface area contributed by atoms with Gasteiger partial charge in [-0.25, -0.2) is 4.79 Å². The van der Waals surface area contributed by atoms with Gasteiger partial charge in [-0.2, -0.15) is 4.98 Å². The first-order chi connectivity index (χ1) is 17.9. The third-order valence-corrected chi connectivity index (χ3v) is 6.94. The average molecular weight is 508 g/mol. The van der Waals surface area contributed by atoms with E-state index in [2.05, 4.69) is 58.0 Å². The van der Waals surface area contributed by atoms with Gasteiger partial charge >= 0.3 is 5.97 Å². The highest BCUT2D eigenvalue weighted by Crippen LogP contribution is 2.36. The molecule has 2 heterocycles. The Bertz CT molecular complexity index is 1820. The maximum absolute atomic E-state index is 11.5. The lowest BCUT2D eigenvalue weighted by Gasteiger charge is -2.06. The van der Waals surface area contributed by atoms with Gasteiger partial charge < -0.3 is 19.4 Å². The van der Waals surface area contributed by atoms with E-state index in [0.717, 1.165) is 38.8 Å². The van der Waals surface area contributed by atoms with E-state index in [9.17, 15) is 9.90 Å². The van der Waals surface area contributed by atoms with Crippen LogP contribution in [0.15, 0.2) is 84.9 Å². The van der Waals surface area contributed by atoms with Crippen LogP contribution in [0.3, 0.4) is 0 Å². The zero-order chi connectivity index (χ0) is 25.7. The number of aryl methyl sites for hydroxylation is 2. The van der Waals surface area contributed by atoms with Crippen molar-refractivity contribution in [3.63, 3.8) is 0 Å². The minimum Gasteiger partial charge on any atom is -0.478 e. The second-order valence-electron chi connectivity index (χ2n) is 9.00. The topological polar surface area (TPSA) is 80.1 Å². The maximum Gasteiger partial charge on any atom is 0.336 e. The lowest BCUT2D eigenvalue weighted by Crippen LogP contribution is -2.00. The first-order valence-electron chi connectivity index (χ1n) is 11.7. The summed E-state index contributed by atoms with van der Waals surface area (Å²) in [7, 11) is 2.07. The standard InChI is InChI=1S/C30H22ClN3O3/c1-17-8-10-21(14-22(17)29(35)36)37-30-32-25-15-23(24(31)16-26(25)33-30)19-9-11-27-20(12-19)13-28(34(27)2)18-6-4-3-5-7-18/h3-16H,1-2H3,(H,32,33)(H,35,36). The van der Waals surface area contributed by atoms with Crippen molar-refractivity contribution in [3.05, 3.63) is 101 Å². The number of ether oxygens (including phenoxy) is 1. The summed E-state index contributed by atoms with van der Waals surface area (Å²) in [6, 6.07) is 27.7. The number of nitrogens with zero attached hydrogens (tertiary/aromatic N) is 2. The number of aromatic amines is 1. The van der Waals surface area contributed by atoms with E-state index in [0.29, 0.717) is 21.9 Å². The molecule has 6 nitrogen and oxygen atoms in total. The summed E-state index contributed by atoms with van der Waals surface area (Å²) in [5, 5.41) is 11.1. The van der Waals surface area contributed by atoms with E-state index in [-0.39, 0.29) is 11.6 Å². The summed E-state index contributed by atoms with van der Waals surface area (Å²) in [4.78, 5) is 19.1. The Kier molecular flexibility index (Phi) is 5.46. The molecule has 0 spiro atoms. The van der Waals surface area contributed by atoms with Crippen LogP contribution in [0.25, 0.3) is 44.3 Å². The number of imidazole rings is 1. The monoisotopic (exact) mass is 507 g/mol. The number of hydrogen-bond donors (Lipinski definition) is 2. The molecule has 6 aromatic rings. The fourth-order valence-electron chi connectivity index (χ4n) is 4.69. The molecule has 0 radical (unpaired) electrons. The number of fused-ring (bicyclic) bond motifs is 2. The van der Waals surface area contributed by atoms with Gasteiger partial charge in [-0.15, -0.1) is 0 Å². The number of carboxylic acids is 1. The smallest absolute Gasteiger partial charge is 0.336 e. The quantitative estimate of drug-likeness (QED) is 0.249. The van der Waals surface area contributed by atoms with E-state index >= 15 is 0 Å². The fraction of sp³-hybridized carbons (Fsp3) is 0.0667. The highest BCUT2D eigenvalue weighted by atomic mass is 35.5. The van der Waals surface area contributed by atoms with Crippen LogP contribution in [-0.4, -0.2) is 25.6 Å². The molecular formula is C30H22ClN3O3. The Morgan fingerprint density at radius 3 is 2.57 bits per heavy atom. The summed E-state index contributed by atoms with van der Waals surface area (Å²) < 4.78 is 8.03. The molecular weight excluding hydrogens is 486 g/mol. The maximum atomic E-state index is 11.5. The van der Waals surface area contributed by atoms with Gasteiger partial charge in [0, 0.05) is 29.2 Å². The second kappa shape index (κ2) is 8.84. The Hall–Kier alpha value is -4.55. The summed E-state index contributed by atoms with van der Waals surface area (Å²) in [5.41, 5.74) is 7.55. The molecule has 4 aromatic carbocycles. The van der Waals surface area contributed by atoms with Crippen molar-refractivity contribution < 1.29 is 14.6 Å². The Morgan fingerprint density at radius 1 is 0.973 bits per heavy atom. The van der Waals surface area contributed by atoms with Crippen LogP contribution in [0.5, 0.6) is 11.8 Å². The number of aromatic carboxylic acids is 1. The Morgan fingerprint density at radius 2 is 1.78 bits per heavy atom. The predicted octanol–water partition coefficient (Wildman–Crippen LogP) is 7.84. The normalized spacial score (nSPS) is 11.3.